The van der Waals surface area contributed by atoms with Gasteiger partial charge in [-0.3, -0.25) is 9.59 Å². The molecule has 2 saturated carbocycles. The van der Waals surface area contributed by atoms with E-state index < -0.39 is 0 Å². The second kappa shape index (κ2) is 4.33. The van der Waals surface area contributed by atoms with Gasteiger partial charge in [-0.05, 0) is 49.8 Å². The zero-order valence-electron chi connectivity index (χ0n) is 12.3. The van der Waals surface area contributed by atoms with E-state index >= 15 is 0 Å². The van der Waals surface area contributed by atoms with Crippen LogP contribution in [-0.4, -0.2) is 18.0 Å². The molecule has 0 radical (unpaired) electrons. The highest BCUT2D eigenvalue weighted by atomic mass is 16.6. The summed E-state index contributed by atoms with van der Waals surface area (Å²) in [5.74, 6) is -0.0111. The fourth-order valence-corrected chi connectivity index (χ4v) is 4.45. The Balaban J connectivity index is 1.58. The molecule has 1 heterocycles. The molecule has 0 aromatic heterocycles. The van der Waals surface area contributed by atoms with Crippen LogP contribution in [0.15, 0.2) is 18.2 Å². The normalized spacial score (nSPS) is 35.9. The molecule has 2 bridgehead atoms. The summed E-state index contributed by atoms with van der Waals surface area (Å²) in [6.45, 7) is 3.99. The van der Waals surface area contributed by atoms with Gasteiger partial charge in [0, 0.05) is 11.6 Å². The van der Waals surface area contributed by atoms with Crippen LogP contribution in [0.25, 0.3) is 0 Å². The Morgan fingerprint density at radius 1 is 1.29 bits per heavy atom. The third-order valence-electron chi connectivity index (χ3n) is 5.44. The van der Waals surface area contributed by atoms with Crippen molar-refractivity contribution in [3.8, 4) is 0 Å². The second-order valence-corrected chi connectivity index (χ2v) is 6.73. The number of nitrogens with one attached hydrogen (secondary N) is 1. The molecule has 1 amide bonds. The van der Waals surface area contributed by atoms with E-state index in [1.807, 2.05) is 32.0 Å². The molecule has 110 valence electrons. The van der Waals surface area contributed by atoms with Crippen molar-refractivity contribution in [2.24, 2.45) is 23.7 Å². The van der Waals surface area contributed by atoms with Gasteiger partial charge in [0.15, 0.2) is 0 Å². The van der Waals surface area contributed by atoms with Gasteiger partial charge in [0.25, 0.3) is 0 Å². The molecule has 2 aliphatic carbocycles. The van der Waals surface area contributed by atoms with Gasteiger partial charge in [-0.1, -0.05) is 12.1 Å². The summed E-state index contributed by atoms with van der Waals surface area (Å²) in [7, 11) is 0. The molecule has 4 rings (SSSR count). The molecular formula is C17H19NO3. The molecule has 1 aromatic rings. The van der Waals surface area contributed by atoms with E-state index in [4.69, 9.17) is 4.74 Å². The number of hydrogen-bond acceptors (Lipinski definition) is 3. The topological polar surface area (TPSA) is 55.4 Å². The molecule has 0 spiro atoms. The van der Waals surface area contributed by atoms with Crippen molar-refractivity contribution >= 4 is 17.6 Å². The molecule has 3 aliphatic rings. The quantitative estimate of drug-likeness (QED) is 0.849. The number of benzene rings is 1. The summed E-state index contributed by atoms with van der Waals surface area (Å²) in [5, 5.41) is 3.03. The lowest BCUT2D eigenvalue weighted by Crippen LogP contribution is -2.36. The van der Waals surface area contributed by atoms with Crippen LogP contribution in [0.4, 0.5) is 5.69 Å². The minimum absolute atomic E-state index is 0.0153. The smallest absolute Gasteiger partial charge is 0.310 e. The third kappa shape index (κ3) is 1.81. The van der Waals surface area contributed by atoms with Crippen molar-refractivity contribution in [2.75, 3.05) is 5.32 Å². The molecule has 1 N–H and O–H groups in total. The molecule has 4 nitrogen and oxygen atoms in total. The summed E-state index contributed by atoms with van der Waals surface area (Å²) in [4.78, 5) is 24.7. The first-order valence-electron chi connectivity index (χ1n) is 7.63. The van der Waals surface area contributed by atoms with Crippen molar-refractivity contribution < 1.29 is 14.3 Å². The summed E-state index contributed by atoms with van der Waals surface area (Å²) in [6.07, 6.45) is 1.90. The van der Waals surface area contributed by atoms with Crippen LogP contribution in [0.1, 0.15) is 24.0 Å². The van der Waals surface area contributed by atoms with Gasteiger partial charge < -0.3 is 10.1 Å². The number of hydrogen-bond donors (Lipinski definition) is 1. The Kier molecular flexibility index (Phi) is 2.65. The summed E-state index contributed by atoms with van der Waals surface area (Å²) in [6, 6.07) is 6.02. The van der Waals surface area contributed by atoms with Gasteiger partial charge in [-0.25, -0.2) is 0 Å². The van der Waals surface area contributed by atoms with Crippen molar-refractivity contribution in [3.05, 3.63) is 29.3 Å². The van der Waals surface area contributed by atoms with Gasteiger partial charge >= 0.3 is 5.97 Å². The molecule has 1 aliphatic heterocycles. The van der Waals surface area contributed by atoms with E-state index in [0.29, 0.717) is 5.92 Å². The van der Waals surface area contributed by atoms with Gasteiger partial charge in [-0.2, -0.15) is 0 Å². The molecule has 0 unspecified atom stereocenters. The minimum atomic E-state index is -0.209. The number of amides is 1. The van der Waals surface area contributed by atoms with Gasteiger partial charge in [0.2, 0.25) is 5.91 Å². The highest BCUT2D eigenvalue weighted by molar-refractivity contribution is 5.97. The zero-order valence-corrected chi connectivity index (χ0v) is 12.3. The summed E-state index contributed by atoms with van der Waals surface area (Å²) >= 11 is 0. The van der Waals surface area contributed by atoms with Crippen molar-refractivity contribution in [3.63, 3.8) is 0 Å². The third-order valence-corrected chi connectivity index (χ3v) is 5.44. The van der Waals surface area contributed by atoms with Crippen LogP contribution >= 0.6 is 0 Å². The predicted octanol–water partition coefficient (Wildman–Crippen LogP) is 2.44. The molecule has 1 saturated heterocycles. The maximum atomic E-state index is 12.7. The first-order valence-corrected chi connectivity index (χ1v) is 7.63. The Morgan fingerprint density at radius 3 is 2.90 bits per heavy atom. The summed E-state index contributed by atoms with van der Waals surface area (Å²) in [5.41, 5.74) is 3.01. The number of rotatable bonds is 2. The van der Waals surface area contributed by atoms with Crippen LogP contribution < -0.4 is 5.32 Å². The Morgan fingerprint density at radius 2 is 2.10 bits per heavy atom. The average Bonchev–Trinajstić information content (AvgIpc) is 3.03. The lowest BCUT2D eigenvalue weighted by molar-refractivity contribution is -0.145. The van der Waals surface area contributed by atoms with E-state index in [1.165, 1.54) is 0 Å². The number of anilines is 1. The number of carbonyl (C=O) groups is 2. The predicted molar refractivity (Wildman–Crippen MR) is 77.6 cm³/mol. The van der Waals surface area contributed by atoms with E-state index in [-0.39, 0.29) is 35.7 Å². The van der Waals surface area contributed by atoms with Crippen LogP contribution in [-0.2, 0) is 14.3 Å². The van der Waals surface area contributed by atoms with Crippen molar-refractivity contribution in [1.29, 1.82) is 0 Å². The minimum Gasteiger partial charge on any atom is -0.462 e. The van der Waals surface area contributed by atoms with Crippen LogP contribution in [0, 0.1) is 37.5 Å². The fraction of sp³-hybridized carbons (Fsp3) is 0.529. The highest BCUT2D eigenvalue weighted by Crippen LogP contribution is 2.57. The first kappa shape index (κ1) is 12.9. The molecular weight excluding hydrogens is 266 g/mol. The fourth-order valence-electron chi connectivity index (χ4n) is 4.45. The van der Waals surface area contributed by atoms with Crippen LogP contribution in [0.2, 0.25) is 0 Å². The summed E-state index contributed by atoms with van der Waals surface area (Å²) < 4.78 is 5.39. The lowest BCUT2D eigenvalue weighted by Gasteiger charge is -2.24. The standard InChI is InChI=1S/C17H19NO3/c1-8-3-4-9(2)12(5-8)18-16(19)14-10-6-11-13(7-10)21-17(20)15(11)14/h3-5,10-11,13-15H,6-7H2,1-2H3,(H,18,19)/t10-,11+,13+,14-,15+/m1/s1. The average molecular weight is 285 g/mol. The van der Waals surface area contributed by atoms with Gasteiger partial charge in [0.05, 0.1) is 11.8 Å². The van der Waals surface area contributed by atoms with Crippen LogP contribution in [0.3, 0.4) is 0 Å². The molecule has 4 heteroatoms. The first-order chi connectivity index (χ1) is 10.0. The maximum absolute atomic E-state index is 12.7. The van der Waals surface area contributed by atoms with E-state index in [2.05, 4.69) is 5.32 Å². The number of ether oxygens (including phenoxy) is 1. The number of aryl methyl sites for hydroxylation is 2. The SMILES string of the molecule is Cc1ccc(C)c(NC(=O)[C@@H]2[C@@H]3C[C@@H]4[C@@H]2C(=O)O[C@H]4C3)c1. The zero-order chi connectivity index (χ0) is 14.7. The van der Waals surface area contributed by atoms with Crippen molar-refractivity contribution in [2.45, 2.75) is 32.8 Å². The van der Waals surface area contributed by atoms with Gasteiger partial charge in [-0.15, -0.1) is 0 Å². The second-order valence-electron chi connectivity index (χ2n) is 6.73. The Bertz CT molecular complexity index is 637. The number of carbonyl (C=O) groups excluding carboxylic acids is 2. The lowest BCUT2D eigenvalue weighted by atomic mass is 9.79. The van der Waals surface area contributed by atoms with Gasteiger partial charge in [0.1, 0.15) is 6.10 Å². The monoisotopic (exact) mass is 285 g/mol. The molecule has 1 aromatic carbocycles. The largest absolute Gasteiger partial charge is 0.462 e. The van der Waals surface area contributed by atoms with Crippen molar-refractivity contribution in [1.82, 2.24) is 0 Å². The number of esters is 1. The Hall–Kier alpha value is -1.84. The number of fused-ring (bicyclic) bond motifs is 1. The molecule has 5 atom stereocenters. The maximum Gasteiger partial charge on any atom is 0.310 e. The van der Waals surface area contributed by atoms with Crippen LogP contribution in [0.5, 0.6) is 0 Å². The Labute approximate surface area is 123 Å². The highest BCUT2D eigenvalue weighted by Gasteiger charge is 2.63. The van der Waals surface area contributed by atoms with E-state index in [0.717, 1.165) is 29.7 Å². The van der Waals surface area contributed by atoms with E-state index in [9.17, 15) is 9.59 Å². The molecule has 21 heavy (non-hydrogen) atoms. The van der Waals surface area contributed by atoms with E-state index in [1.54, 1.807) is 0 Å². The molecule has 3 fully saturated rings.